The van der Waals surface area contributed by atoms with Gasteiger partial charge in [0, 0.05) is 19.5 Å². The third-order valence-corrected chi connectivity index (χ3v) is 2.65. The number of aliphatic hydroxyl groups excluding tert-OH is 1. The van der Waals surface area contributed by atoms with Gasteiger partial charge in [0.1, 0.15) is 0 Å². The van der Waals surface area contributed by atoms with E-state index in [0.717, 1.165) is 19.4 Å². The molecule has 0 saturated heterocycles. The van der Waals surface area contributed by atoms with E-state index in [-0.39, 0.29) is 0 Å². The van der Waals surface area contributed by atoms with Crippen LogP contribution in [0.25, 0.3) is 0 Å². The van der Waals surface area contributed by atoms with Crippen LogP contribution in [0, 0.1) is 12.3 Å². The largest absolute Gasteiger partial charge is 0.389 e. The Labute approximate surface area is 92.2 Å². The fraction of sp³-hybridized carbons (Fsp3) is 0.833. The molecule has 1 saturated carbocycles. The molecule has 0 amide bonds. The van der Waals surface area contributed by atoms with E-state index in [2.05, 4.69) is 11.2 Å². The highest BCUT2D eigenvalue weighted by Gasteiger charge is 2.16. The fourth-order valence-electron chi connectivity index (χ4n) is 1.79. The van der Waals surface area contributed by atoms with Crippen molar-refractivity contribution in [3.63, 3.8) is 0 Å². The van der Waals surface area contributed by atoms with Gasteiger partial charge in [0.2, 0.25) is 0 Å². The van der Waals surface area contributed by atoms with E-state index in [4.69, 9.17) is 11.2 Å². The van der Waals surface area contributed by atoms with E-state index in [1.807, 2.05) is 0 Å². The zero-order chi connectivity index (χ0) is 10.9. The van der Waals surface area contributed by atoms with Crippen molar-refractivity contribution in [1.82, 2.24) is 5.32 Å². The van der Waals surface area contributed by atoms with Crippen molar-refractivity contribution in [3.8, 4) is 12.3 Å². The van der Waals surface area contributed by atoms with Crippen LogP contribution in [0.2, 0.25) is 0 Å². The second-order valence-electron chi connectivity index (χ2n) is 4.05. The number of aliphatic hydroxyl groups is 1. The lowest BCUT2D eigenvalue weighted by molar-refractivity contribution is -0.00528. The molecule has 0 heterocycles. The summed E-state index contributed by atoms with van der Waals surface area (Å²) in [6.45, 7) is 1.76. The normalized spacial score (nSPS) is 18.9. The molecule has 0 aromatic carbocycles. The van der Waals surface area contributed by atoms with Gasteiger partial charge in [-0.3, -0.25) is 0 Å². The van der Waals surface area contributed by atoms with Gasteiger partial charge in [-0.25, -0.2) is 0 Å². The summed E-state index contributed by atoms with van der Waals surface area (Å²) in [5.74, 6) is 2.54. The van der Waals surface area contributed by atoms with E-state index in [9.17, 15) is 5.11 Å². The molecule has 3 heteroatoms. The van der Waals surface area contributed by atoms with E-state index in [0.29, 0.717) is 25.7 Å². The van der Waals surface area contributed by atoms with Gasteiger partial charge in [-0.15, -0.1) is 12.3 Å². The van der Waals surface area contributed by atoms with Crippen LogP contribution in [-0.4, -0.2) is 37.0 Å². The van der Waals surface area contributed by atoms with Crippen LogP contribution in [0.15, 0.2) is 0 Å². The molecule has 0 radical (unpaired) electrons. The molecule has 1 fully saturated rings. The molecule has 0 aromatic heterocycles. The Morgan fingerprint density at radius 2 is 2.20 bits per heavy atom. The predicted octanol–water partition coefficient (Wildman–Crippen LogP) is 0.919. The number of nitrogens with one attached hydrogen (secondary N) is 1. The average molecular weight is 211 g/mol. The van der Waals surface area contributed by atoms with Gasteiger partial charge >= 0.3 is 0 Å². The number of hydrogen-bond acceptors (Lipinski definition) is 3. The molecule has 86 valence electrons. The van der Waals surface area contributed by atoms with Crippen LogP contribution in [0.5, 0.6) is 0 Å². The molecule has 1 rings (SSSR count). The molecule has 3 nitrogen and oxygen atoms in total. The molecule has 0 aliphatic heterocycles. The maximum absolute atomic E-state index is 9.57. The molecule has 1 atom stereocenters. The molecule has 1 aliphatic carbocycles. The quantitative estimate of drug-likeness (QED) is 0.486. The molecule has 2 N–H and O–H groups in total. The Balaban J connectivity index is 1.93. The Kier molecular flexibility index (Phi) is 6.42. The molecule has 0 spiro atoms. The van der Waals surface area contributed by atoms with Crippen molar-refractivity contribution in [1.29, 1.82) is 0 Å². The minimum Gasteiger partial charge on any atom is -0.389 e. The highest BCUT2D eigenvalue weighted by Crippen LogP contribution is 2.20. The van der Waals surface area contributed by atoms with Gasteiger partial charge in [0.15, 0.2) is 0 Å². The summed E-state index contributed by atoms with van der Waals surface area (Å²) in [7, 11) is 0. The summed E-state index contributed by atoms with van der Waals surface area (Å²) >= 11 is 0. The second kappa shape index (κ2) is 7.70. The van der Waals surface area contributed by atoms with Crippen LogP contribution in [0.4, 0.5) is 0 Å². The van der Waals surface area contributed by atoms with Crippen LogP contribution >= 0.6 is 0 Å². The standard InChI is InChI=1S/C12H21NO2/c1-2-3-8-13-9-11(14)10-15-12-6-4-5-7-12/h1,11-14H,3-10H2. The third-order valence-electron chi connectivity index (χ3n) is 2.65. The van der Waals surface area contributed by atoms with Crippen LogP contribution in [-0.2, 0) is 4.74 Å². The molecule has 1 unspecified atom stereocenters. The summed E-state index contributed by atoms with van der Waals surface area (Å²) in [5, 5.41) is 12.7. The summed E-state index contributed by atoms with van der Waals surface area (Å²) in [4.78, 5) is 0. The lowest BCUT2D eigenvalue weighted by Crippen LogP contribution is -2.32. The summed E-state index contributed by atoms with van der Waals surface area (Å²) in [5.41, 5.74) is 0. The average Bonchev–Trinajstić information content (AvgIpc) is 2.74. The van der Waals surface area contributed by atoms with Crippen molar-refractivity contribution >= 4 is 0 Å². The Bertz CT molecular complexity index is 194. The van der Waals surface area contributed by atoms with E-state index < -0.39 is 6.10 Å². The van der Waals surface area contributed by atoms with Gasteiger partial charge in [-0.05, 0) is 12.8 Å². The summed E-state index contributed by atoms with van der Waals surface area (Å²) in [6.07, 6.45) is 10.6. The van der Waals surface area contributed by atoms with Gasteiger partial charge in [-0.2, -0.15) is 0 Å². The lowest BCUT2D eigenvalue weighted by Gasteiger charge is -2.15. The highest BCUT2D eigenvalue weighted by molar-refractivity contribution is 4.84. The molecule has 0 aromatic rings. The zero-order valence-corrected chi connectivity index (χ0v) is 9.24. The van der Waals surface area contributed by atoms with Crippen LogP contribution < -0.4 is 5.32 Å². The van der Waals surface area contributed by atoms with E-state index in [1.54, 1.807) is 0 Å². The first-order valence-corrected chi connectivity index (χ1v) is 5.76. The van der Waals surface area contributed by atoms with Crippen molar-refractivity contribution in [2.24, 2.45) is 0 Å². The fourth-order valence-corrected chi connectivity index (χ4v) is 1.79. The number of terminal acetylenes is 1. The predicted molar refractivity (Wildman–Crippen MR) is 60.5 cm³/mol. The molecular weight excluding hydrogens is 190 g/mol. The Morgan fingerprint density at radius 3 is 2.87 bits per heavy atom. The maximum atomic E-state index is 9.57. The highest BCUT2D eigenvalue weighted by atomic mass is 16.5. The molecule has 15 heavy (non-hydrogen) atoms. The summed E-state index contributed by atoms with van der Waals surface area (Å²) in [6, 6.07) is 0. The van der Waals surface area contributed by atoms with Crippen molar-refractivity contribution in [3.05, 3.63) is 0 Å². The smallest absolute Gasteiger partial charge is 0.0897 e. The maximum Gasteiger partial charge on any atom is 0.0897 e. The Morgan fingerprint density at radius 1 is 1.47 bits per heavy atom. The van der Waals surface area contributed by atoms with Crippen LogP contribution in [0.3, 0.4) is 0 Å². The van der Waals surface area contributed by atoms with Gasteiger partial charge in [-0.1, -0.05) is 12.8 Å². The van der Waals surface area contributed by atoms with E-state index >= 15 is 0 Å². The van der Waals surface area contributed by atoms with Gasteiger partial charge in [0.25, 0.3) is 0 Å². The molecule has 1 aliphatic rings. The minimum atomic E-state index is -0.414. The number of hydrogen-bond donors (Lipinski definition) is 2. The summed E-state index contributed by atoms with van der Waals surface area (Å²) < 4.78 is 5.59. The number of rotatable bonds is 7. The Hall–Kier alpha value is -0.560. The molecular formula is C12H21NO2. The first-order valence-electron chi connectivity index (χ1n) is 5.76. The third kappa shape index (κ3) is 5.78. The first kappa shape index (κ1) is 12.5. The topological polar surface area (TPSA) is 41.5 Å². The zero-order valence-electron chi connectivity index (χ0n) is 9.24. The SMILES string of the molecule is C#CCCNCC(O)COC1CCCC1. The minimum absolute atomic E-state index is 0.380. The van der Waals surface area contributed by atoms with Gasteiger partial charge < -0.3 is 15.2 Å². The molecule has 0 bridgehead atoms. The van der Waals surface area contributed by atoms with E-state index in [1.165, 1.54) is 12.8 Å². The monoisotopic (exact) mass is 211 g/mol. The number of ether oxygens (including phenoxy) is 1. The lowest BCUT2D eigenvalue weighted by atomic mass is 10.3. The van der Waals surface area contributed by atoms with Gasteiger partial charge in [0.05, 0.1) is 18.8 Å². The van der Waals surface area contributed by atoms with Crippen molar-refractivity contribution < 1.29 is 9.84 Å². The van der Waals surface area contributed by atoms with Crippen molar-refractivity contribution in [2.45, 2.75) is 44.3 Å². The van der Waals surface area contributed by atoms with Crippen LogP contribution in [0.1, 0.15) is 32.1 Å². The second-order valence-corrected chi connectivity index (χ2v) is 4.05. The van der Waals surface area contributed by atoms with Crippen molar-refractivity contribution in [2.75, 3.05) is 19.7 Å². The first-order chi connectivity index (χ1) is 7.33.